The topological polar surface area (TPSA) is 52.9 Å². The minimum Gasteiger partial charge on any atom is -0.359 e. The van der Waals surface area contributed by atoms with Crippen molar-refractivity contribution in [2.24, 2.45) is 0 Å². The molecule has 1 rings (SSSR count). The molecular formula is C12H14N2O. The third kappa shape index (κ3) is 2.57. The maximum atomic E-state index is 11.3. The normalized spacial score (nSPS) is 9.47. The van der Waals surface area contributed by atoms with Gasteiger partial charge in [-0.15, -0.1) is 0 Å². The highest BCUT2D eigenvalue weighted by Crippen LogP contribution is 2.16. The van der Waals surface area contributed by atoms with Crippen LogP contribution in [0.2, 0.25) is 0 Å². The maximum Gasteiger partial charge on any atom is 0.224 e. The predicted molar refractivity (Wildman–Crippen MR) is 58.4 cm³/mol. The number of hydrogen-bond acceptors (Lipinski definition) is 2. The van der Waals surface area contributed by atoms with E-state index in [-0.39, 0.29) is 12.3 Å². The summed E-state index contributed by atoms with van der Waals surface area (Å²) in [6, 6.07) is 5.92. The molecular weight excluding hydrogens is 188 g/mol. The monoisotopic (exact) mass is 202 g/mol. The molecule has 3 heteroatoms. The quantitative estimate of drug-likeness (QED) is 0.789. The maximum absolute atomic E-state index is 11.3. The van der Waals surface area contributed by atoms with Crippen molar-refractivity contribution in [2.45, 2.75) is 20.3 Å². The molecule has 1 aromatic carbocycles. The Hall–Kier alpha value is -1.82. The van der Waals surface area contributed by atoms with Crippen LogP contribution in [0.1, 0.15) is 22.3 Å². The zero-order valence-corrected chi connectivity index (χ0v) is 9.22. The Bertz CT molecular complexity index is 430. The molecule has 0 aliphatic carbocycles. The van der Waals surface area contributed by atoms with Crippen molar-refractivity contribution in [1.29, 1.82) is 5.26 Å². The van der Waals surface area contributed by atoms with Gasteiger partial charge in [0.1, 0.15) is 0 Å². The Morgan fingerprint density at radius 1 is 1.47 bits per heavy atom. The number of benzene rings is 1. The van der Waals surface area contributed by atoms with Crippen LogP contribution in [0.4, 0.5) is 0 Å². The van der Waals surface area contributed by atoms with E-state index in [1.165, 1.54) is 0 Å². The molecule has 0 spiro atoms. The van der Waals surface area contributed by atoms with Crippen LogP contribution >= 0.6 is 0 Å². The number of hydrogen-bond donors (Lipinski definition) is 1. The number of aryl methyl sites for hydroxylation is 2. The third-order valence-electron chi connectivity index (χ3n) is 2.35. The van der Waals surface area contributed by atoms with Gasteiger partial charge in [-0.1, -0.05) is 6.07 Å². The molecule has 0 atom stereocenters. The van der Waals surface area contributed by atoms with Crippen LogP contribution in [-0.2, 0) is 11.2 Å². The fraction of sp³-hybridized carbons (Fsp3) is 0.333. The molecule has 0 aliphatic rings. The lowest BCUT2D eigenvalue weighted by molar-refractivity contribution is -0.119. The molecule has 1 amide bonds. The molecule has 0 unspecified atom stereocenters. The van der Waals surface area contributed by atoms with Crippen molar-refractivity contribution < 1.29 is 4.79 Å². The first-order valence-corrected chi connectivity index (χ1v) is 4.79. The number of likely N-dealkylation sites (N-methyl/N-ethyl adjacent to an activating group) is 1. The van der Waals surface area contributed by atoms with E-state index in [4.69, 9.17) is 5.26 Å². The summed E-state index contributed by atoms with van der Waals surface area (Å²) in [6.45, 7) is 3.86. The summed E-state index contributed by atoms with van der Waals surface area (Å²) in [4.78, 5) is 11.3. The van der Waals surface area contributed by atoms with Crippen LogP contribution in [0, 0.1) is 25.2 Å². The van der Waals surface area contributed by atoms with Gasteiger partial charge in [0.05, 0.1) is 18.1 Å². The zero-order chi connectivity index (χ0) is 11.4. The summed E-state index contributed by atoms with van der Waals surface area (Å²) in [5.41, 5.74) is 3.46. The third-order valence-corrected chi connectivity index (χ3v) is 2.35. The highest BCUT2D eigenvalue weighted by molar-refractivity contribution is 5.79. The highest BCUT2D eigenvalue weighted by Gasteiger charge is 2.10. The van der Waals surface area contributed by atoms with Crippen molar-refractivity contribution >= 4 is 5.91 Å². The average Bonchev–Trinajstić information content (AvgIpc) is 2.21. The van der Waals surface area contributed by atoms with E-state index >= 15 is 0 Å². The second-order valence-electron chi connectivity index (χ2n) is 3.57. The molecule has 3 nitrogen and oxygen atoms in total. The summed E-state index contributed by atoms with van der Waals surface area (Å²) in [6.07, 6.45) is 0.269. The van der Waals surface area contributed by atoms with Crippen molar-refractivity contribution in [3.05, 3.63) is 34.4 Å². The van der Waals surface area contributed by atoms with Gasteiger partial charge in [0, 0.05) is 7.05 Å². The number of carbonyl (C=O) groups excluding carboxylic acids is 1. The summed E-state index contributed by atoms with van der Waals surface area (Å²) in [5, 5.41) is 11.5. The van der Waals surface area contributed by atoms with E-state index in [9.17, 15) is 4.79 Å². The number of amides is 1. The predicted octanol–water partition coefficient (Wildman–Crippen LogP) is 1.46. The zero-order valence-electron chi connectivity index (χ0n) is 9.22. The lowest BCUT2D eigenvalue weighted by Crippen LogP contribution is -2.21. The van der Waals surface area contributed by atoms with Crippen molar-refractivity contribution in [2.75, 3.05) is 7.05 Å². The van der Waals surface area contributed by atoms with Crippen LogP contribution in [0.5, 0.6) is 0 Å². The first kappa shape index (κ1) is 11.3. The molecule has 0 radical (unpaired) electrons. The number of nitriles is 1. The smallest absolute Gasteiger partial charge is 0.224 e. The Morgan fingerprint density at radius 3 is 2.67 bits per heavy atom. The first-order chi connectivity index (χ1) is 7.08. The van der Waals surface area contributed by atoms with E-state index in [2.05, 4.69) is 11.4 Å². The van der Waals surface area contributed by atoms with Crippen LogP contribution in [0.15, 0.2) is 12.1 Å². The lowest BCUT2D eigenvalue weighted by Gasteiger charge is -2.08. The second kappa shape index (κ2) is 4.61. The van der Waals surface area contributed by atoms with Gasteiger partial charge in [0.2, 0.25) is 5.91 Å². The van der Waals surface area contributed by atoms with E-state index in [0.29, 0.717) is 5.56 Å². The minimum absolute atomic E-state index is 0.0709. The molecule has 0 saturated carbocycles. The van der Waals surface area contributed by atoms with Gasteiger partial charge in [-0.25, -0.2) is 0 Å². The largest absolute Gasteiger partial charge is 0.359 e. The van der Waals surface area contributed by atoms with Crippen LogP contribution in [0.3, 0.4) is 0 Å². The van der Waals surface area contributed by atoms with Gasteiger partial charge in [-0.3, -0.25) is 4.79 Å². The van der Waals surface area contributed by atoms with Gasteiger partial charge in [-0.2, -0.15) is 5.26 Å². The molecule has 0 saturated heterocycles. The minimum atomic E-state index is -0.0709. The molecule has 0 bridgehead atoms. The van der Waals surface area contributed by atoms with Gasteiger partial charge in [0.25, 0.3) is 0 Å². The lowest BCUT2D eigenvalue weighted by atomic mass is 9.97. The number of carbonyl (C=O) groups is 1. The summed E-state index contributed by atoms with van der Waals surface area (Å²) < 4.78 is 0. The molecule has 1 aromatic rings. The second-order valence-corrected chi connectivity index (χ2v) is 3.57. The Labute approximate surface area is 89.7 Å². The standard InChI is InChI=1S/C12H14N2O/c1-8-4-9(2)11(6-12(15)14-3)10(5-8)7-13/h4-5H,6H2,1-3H3,(H,14,15). The molecule has 0 aliphatic heterocycles. The molecule has 1 N–H and O–H groups in total. The summed E-state index contributed by atoms with van der Waals surface area (Å²) in [5.74, 6) is -0.0709. The number of nitrogens with one attached hydrogen (secondary N) is 1. The van der Waals surface area contributed by atoms with Crippen LogP contribution in [-0.4, -0.2) is 13.0 Å². The first-order valence-electron chi connectivity index (χ1n) is 4.79. The van der Waals surface area contributed by atoms with Gasteiger partial charge < -0.3 is 5.32 Å². The van der Waals surface area contributed by atoms with E-state index in [1.54, 1.807) is 7.05 Å². The molecule has 0 heterocycles. The fourth-order valence-corrected chi connectivity index (χ4v) is 1.58. The van der Waals surface area contributed by atoms with Crippen molar-refractivity contribution in [1.82, 2.24) is 5.32 Å². The number of nitrogens with zero attached hydrogens (tertiary/aromatic N) is 1. The number of rotatable bonds is 2. The molecule has 78 valence electrons. The average molecular weight is 202 g/mol. The summed E-state index contributed by atoms with van der Waals surface area (Å²) in [7, 11) is 1.60. The van der Waals surface area contributed by atoms with Crippen LogP contribution < -0.4 is 5.32 Å². The Kier molecular flexibility index (Phi) is 3.46. The Morgan fingerprint density at radius 2 is 2.13 bits per heavy atom. The van der Waals surface area contributed by atoms with E-state index < -0.39 is 0 Å². The van der Waals surface area contributed by atoms with Crippen LogP contribution in [0.25, 0.3) is 0 Å². The fourth-order valence-electron chi connectivity index (χ4n) is 1.58. The van der Waals surface area contributed by atoms with Gasteiger partial charge >= 0.3 is 0 Å². The van der Waals surface area contributed by atoms with Crippen molar-refractivity contribution in [3.63, 3.8) is 0 Å². The molecule has 0 fully saturated rings. The highest BCUT2D eigenvalue weighted by atomic mass is 16.1. The molecule has 0 aromatic heterocycles. The molecule has 15 heavy (non-hydrogen) atoms. The van der Waals surface area contributed by atoms with Gasteiger partial charge in [0.15, 0.2) is 0 Å². The Balaban J connectivity index is 3.17. The van der Waals surface area contributed by atoms with E-state index in [1.807, 2.05) is 26.0 Å². The van der Waals surface area contributed by atoms with Crippen molar-refractivity contribution in [3.8, 4) is 6.07 Å². The SMILES string of the molecule is CNC(=O)Cc1c(C)cc(C)cc1C#N. The summed E-state index contributed by atoms with van der Waals surface area (Å²) >= 11 is 0. The van der Waals surface area contributed by atoms with Gasteiger partial charge in [-0.05, 0) is 36.6 Å². The van der Waals surface area contributed by atoms with E-state index in [0.717, 1.165) is 16.7 Å².